The maximum atomic E-state index is 12.0. The van der Waals surface area contributed by atoms with Crippen LogP contribution < -0.4 is 11.1 Å². The summed E-state index contributed by atoms with van der Waals surface area (Å²) in [6.45, 7) is 4.11. The van der Waals surface area contributed by atoms with Crippen LogP contribution in [0.5, 0.6) is 0 Å². The second-order valence-corrected chi connectivity index (χ2v) is 3.46. The van der Waals surface area contributed by atoms with Crippen LogP contribution in [0.15, 0.2) is 18.3 Å². The number of likely N-dealkylation sites (N-methyl/N-ethyl adjacent to an activating group) is 2. The van der Waals surface area contributed by atoms with Crippen molar-refractivity contribution in [3.8, 4) is 0 Å². The fourth-order valence-electron chi connectivity index (χ4n) is 1.36. The van der Waals surface area contributed by atoms with E-state index in [1.54, 1.807) is 17.0 Å². The third-order valence-electron chi connectivity index (χ3n) is 2.33. The topological polar surface area (TPSA) is 71.2 Å². The number of pyridine rings is 1. The van der Waals surface area contributed by atoms with E-state index in [0.29, 0.717) is 24.5 Å². The van der Waals surface area contributed by atoms with Crippen LogP contribution in [-0.2, 0) is 0 Å². The van der Waals surface area contributed by atoms with Gasteiger partial charge in [0.2, 0.25) is 0 Å². The molecule has 0 aliphatic heterocycles. The van der Waals surface area contributed by atoms with Gasteiger partial charge >= 0.3 is 0 Å². The smallest absolute Gasteiger partial charge is 0.255 e. The molecule has 1 heterocycles. The molecule has 0 aliphatic rings. The first-order valence-electron chi connectivity index (χ1n) is 5.34. The van der Waals surface area contributed by atoms with Crippen LogP contribution in [0, 0.1) is 0 Å². The summed E-state index contributed by atoms with van der Waals surface area (Å²) in [7, 11) is 1.86. The standard InChI is InChI=1S/C11H18N4O/c1-3-15(7-6-13-2)11(16)9-4-5-10(12)14-8-9/h4-5,8,13H,3,6-7H2,1-2H3,(H2,12,14). The highest BCUT2D eigenvalue weighted by atomic mass is 16.2. The van der Waals surface area contributed by atoms with E-state index in [4.69, 9.17) is 5.73 Å². The van der Waals surface area contributed by atoms with E-state index >= 15 is 0 Å². The van der Waals surface area contributed by atoms with Crippen molar-refractivity contribution in [3.63, 3.8) is 0 Å². The van der Waals surface area contributed by atoms with Crippen molar-refractivity contribution < 1.29 is 4.79 Å². The molecule has 0 fully saturated rings. The van der Waals surface area contributed by atoms with E-state index in [0.717, 1.165) is 6.54 Å². The van der Waals surface area contributed by atoms with Crippen molar-refractivity contribution in [2.75, 3.05) is 32.4 Å². The number of nitrogen functional groups attached to an aromatic ring is 1. The summed E-state index contributed by atoms with van der Waals surface area (Å²) in [5.74, 6) is 0.417. The van der Waals surface area contributed by atoms with Crippen molar-refractivity contribution in [3.05, 3.63) is 23.9 Å². The number of amides is 1. The van der Waals surface area contributed by atoms with E-state index in [9.17, 15) is 4.79 Å². The van der Waals surface area contributed by atoms with Crippen LogP contribution in [0.1, 0.15) is 17.3 Å². The molecule has 88 valence electrons. The zero-order valence-corrected chi connectivity index (χ0v) is 9.73. The Balaban J connectivity index is 2.70. The number of anilines is 1. The van der Waals surface area contributed by atoms with E-state index in [2.05, 4.69) is 10.3 Å². The molecule has 5 nitrogen and oxygen atoms in total. The zero-order valence-electron chi connectivity index (χ0n) is 9.73. The summed E-state index contributed by atoms with van der Waals surface area (Å²) in [5, 5.41) is 3.02. The minimum Gasteiger partial charge on any atom is -0.384 e. The number of hydrogen-bond acceptors (Lipinski definition) is 4. The number of nitrogens with zero attached hydrogens (tertiary/aromatic N) is 2. The number of nitrogens with two attached hydrogens (primary N) is 1. The lowest BCUT2D eigenvalue weighted by Gasteiger charge is -2.20. The van der Waals surface area contributed by atoms with Crippen molar-refractivity contribution in [1.29, 1.82) is 0 Å². The Morgan fingerprint density at radius 3 is 2.81 bits per heavy atom. The zero-order chi connectivity index (χ0) is 12.0. The molecule has 0 spiro atoms. The van der Waals surface area contributed by atoms with Gasteiger partial charge in [0.15, 0.2) is 0 Å². The Kier molecular flexibility index (Phi) is 4.72. The Hall–Kier alpha value is -1.62. The van der Waals surface area contributed by atoms with Crippen molar-refractivity contribution >= 4 is 11.7 Å². The predicted octanol–water partition coefficient (Wildman–Crippen LogP) is 0.345. The molecule has 0 unspecified atom stereocenters. The molecular weight excluding hydrogens is 204 g/mol. The first-order valence-corrected chi connectivity index (χ1v) is 5.34. The minimum atomic E-state index is -0.00903. The van der Waals surface area contributed by atoms with Crippen LogP contribution in [0.2, 0.25) is 0 Å². The maximum Gasteiger partial charge on any atom is 0.255 e. The van der Waals surface area contributed by atoms with Crippen LogP contribution in [0.4, 0.5) is 5.82 Å². The lowest BCUT2D eigenvalue weighted by molar-refractivity contribution is 0.0766. The lowest BCUT2D eigenvalue weighted by Crippen LogP contribution is -2.36. The molecule has 0 saturated heterocycles. The third-order valence-corrected chi connectivity index (χ3v) is 2.33. The Labute approximate surface area is 95.7 Å². The highest BCUT2D eigenvalue weighted by Crippen LogP contribution is 2.05. The normalized spacial score (nSPS) is 10.1. The summed E-state index contributed by atoms with van der Waals surface area (Å²) in [6, 6.07) is 3.34. The Morgan fingerprint density at radius 2 is 2.31 bits per heavy atom. The van der Waals surface area contributed by atoms with E-state index < -0.39 is 0 Å². The number of nitrogens with one attached hydrogen (secondary N) is 1. The second kappa shape index (κ2) is 6.07. The summed E-state index contributed by atoms with van der Waals surface area (Å²) < 4.78 is 0. The fraction of sp³-hybridized carbons (Fsp3) is 0.455. The molecule has 5 heteroatoms. The highest BCUT2D eigenvalue weighted by molar-refractivity contribution is 5.94. The lowest BCUT2D eigenvalue weighted by atomic mass is 10.2. The quantitative estimate of drug-likeness (QED) is 0.754. The first kappa shape index (κ1) is 12.4. The Bertz CT molecular complexity index is 336. The summed E-state index contributed by atoms with van der Waals surface area (Å²) in [6.07, 6.45) is 1.51. The van der Waals surface area contributed by atoms with E-state index in [1.165, 1.54) is 6.20 Å². The summed E-state index contributed by atoms with van der Waals surface area (Å²) in [5.41, 5.74) is 6.05. The summed E-state index contributed by atoms with van der Waals surface area (Å²) >= 11 is 0. The molecular formula is C11H18N4O. The number of rotatable bonds is 5. The number of aromatic nitrogens is 1. The summed E-state index contributed by atoms with van der Waals surface area (Å²) in [4.78, 5) is 17.7. The van der Waals surface area contributed by atoms with Gasteiger partial charge in [0.05, 0.1) is 5.56 Å². The molecule has 0 radical (unpaired) electrons. The van der Waals surface area contributed by atoms with Gasteiger partial charge in [-0.15, -0.1) is 0 Å². The molecule has 0 aliphatic carbocycles. The molecule has 1 rings (SSSR count). The predicted molar refractivity (Wildman–Crippen MR) is 64.2 cm³/mol. The monoisotopic (exact) mass is 222 g/mol. The number of hydrogen-bond donors (Lipinski definition) is 2. The molecule has 0 atom stereocenters. The van der Waals surface area contributed by atoms with Crippen molar-refractivity contribution in [2.24, 2.45) is 0 Å². The van der Waals surface area contributed by atoms with E-state index in [-0.39, 0.29) is 5.91 Å². The first-order chi connectivity index (χ1) is 7.69. The number of carbonyl (C=O) groups excluding carboxylic acids is 1. The molecule has 0 saturated carbocycles. The third kappa shape index (κ3) is 3.20. The largest absolute Gasteiger partial charge is 0.384 e. The van der Waals surface area contributed by atoms with Gasteiger partial charge in [0.1, 0.15) is 5.82 Å². The van der Waals surface area contributed by atoms with Crippen LogP contribution in [0.25, 0.3) is 0 Å². The van der Waals surface area contributed by atoms with Gasteiger partial charge in [-0.25, -0.2) is 4.98 Å². The number of carbonyl (C=O) groups is 1. The van der Waals surface area contributed by atoms with Gasteiger partial charge in [-0.2, -0.15) is 0 Å². The average Bonchev–Trinajstić information content (AvgIpc) is 2.30. The van der Waals surface area contributed by atoms with Gasteiger partial charge < -0.3 is 16.0 Å². The van der Waals surface area contributed by atoms with Crippen LogP contribution in [0.3, 0.4) is 0 Å². The molecule has 16 heavy (non-hydrogen) atoms. The Morgan fingerprint density at radius 1 is 1.56 bits per heavy atom. The fourth-order valence-corrected chi connectivity index (χ4v) is 1.36. The molecule has 1 aromatic heterocycles. The van der Waals surface area contributed by atoms with Crippen molar-refractivity contribution in [2.45, 2.75) is 6.92 Å². The van der Waals surface area contributed by atoms with Crippen LogP contribution in [-0.4, -0.2) is 42.5 Å². The minimum absolute atomic E-state index is 0.00903. The molecule has 3 N–H and O–H groups in total. The van der Waals surface area contributed by atoms with Gasteiger partial charge in [0.25, 0.3) is 5.91 Å². The molecule has 0 bridgehead atoms. The highest BCUT2D eigenvalue weighted by Gasteiger charge is 2.13. The van der Waals surface area contributed by atoms with Crippen molar-refractivity contribution in [1.82, 2.24) is 15.2 Å². The molecule has 1 aromatic rings. The van der Waals surface area contributed by atoms with Gasteiger partial charge in [-0.1, -0.05) is 0 Å². The average molecular weight is 222 g/mol. The van der Waals surface area contributed by atoms with Gasteiger partial charge in [-0.3, -0.25) is 4.79 Å². The van der Waals surface area contributed by atoms with Crippen LogP contribution >= 0.6 is 0 Å². The SMILES string of the molecule is CCN(CCNC)C(=O)c1ccc(N)nc1. The van der Waals surface area contributed by atoms with E-state index in [1.807, 2.05) is 14.0 Å². The van der Waals surface area contributed by atoms with Gasteiger partial charge in [0, 0.05) is 25.8 Å². The maximum absolute atomic E-state index is 12.0. The second-order valence-electron chi connectivity index (χ2n) is 3.46. The molecule has 0 aromatic carbocycles. The molecule has 1 amide bonds. The van der Waals surface area contributed by atoms with Gasteiger partial charge in [-0.05, 0) is 26.1 Å².